The third-order valence-corrected chi connectivity index (χ3v) is 3.59. The second-order valence-corrected chi connectivity index (χ2v) is 4.86. The van der Waals surface area contributed by atoms with E-state index in [0.29, 0.717) is 5.75 Å². The average molecular weight is 270 g/mol. The van der Waals surface area contributed by atoms with E-state index in [1.54, 1.807) is 17.8 Å². The standard InChI is InChI=1S/C16H14O2S/c1-2-16(17)18-14-10-6-7-11-15(14)19-12-13-8-4-3-5-9-13/h2-11H,1,12H2. The molecule has 0 aliphatic heterocycles. The molecule has 2 nitrogen and oxygen atoms in total. The van der Waals surface area contributed by atoms with Gasteiger partial charge >= 0.3 is 5.97 Å². The Balaban J connectivity index is 2.07. The first-order valence-corrected chi connectivity index (χ1v) is 6.88. The lowest BCUT2D eigenvalue weighted by molar-refractivity contribution is -0.129. The van der Waals surface area contributed by atoms with Gasteiger partial charge in [0.15, 0.2) is 0 Å². The zero-order valence-corrected chi connectivity index (χ0v) is 11.2. The highest BCUT2D eigenvalue weighted by molar-refractivity contribution is 7.98. The minimum absolute atomic E-state index is 0.437. The van der Waals surface area contributed by atoms with Crippen LogP contribution >= 0.6 is 11.8 Å². The van der Waals surface area contributed by atoms with E-state index in [4.69, 9.17) is 4.74 Å². The Morgan fingerprint density at radius 1 is 1.11 bits per heavy atom. The highest BCUT2D eigenvalue weighted by atomic mass is 32.2. The normalized spacial score (nSPS) is 9.89. The summed E-state index contributed by atoms with van der Waals surface area (Å²) in [5.41, 5.74) is 1.23. The van der Waals surface area contributed by atoms with E-state index in [1.807, 2.05) is 36.4 Å². The lowest BCUT2D eigenvalue weighted by atomic mass is 10.2. The van der Waals surface area contributed by atoms with Crippen LogP contribution in [-0.4, -0.2) is 5.97 Å². The molecule has 0 spiro atoms. The molecule has 0 amide bonds. The molecule has 2 aromatic carbocycles. The second-order valence-electron chi connectivity index (χ2n) is 3.85. The van der Waals surface area contributed by atoms with Crippen molar-refractivity contribution in [1.29, 1.82) is 0 Å². The first-order chi connectivity index (χ1) is 9.29. The summed E-state index contributed by atoms with van der Waals surface area (Å²) in [6.07, 6.45) is 1.17. The first-order valence-electron chi connectivity index (χ1n) is 5.89. The zero-order chi connectivity index (χ0) is 13.5. The molecule has 3 heteroatoms. The number of carbonyl (C=O) groups excluding carboxylic acids is 1. The number of hydrogen-bond acceptors (Lipinski definition) is 3. The van der Waals surface area contributed by atoms with Crippen molar-refractivity contribution in [3.05, 3.63) is 72.8 Å². The molecule has 0 bridgehead atoms. The van der Waals surface area contributed by atoms with E-state index in [-0.39, 0.29) is 0 Å². The molecule has 0 atom stereocenters. The summed E-state index contributed by atoms with van der Waals surface area (Å²) >= 11 is 1.64. The largest absolute Gasteiger partial charge is 0.422 e. The van der Waals surface area contributed by atoms with E-state index in [9.17, 15) is 4.79 Å². The summed E-state index contributed by atoms with van der Waals surface area (Å²) in [4.78, 5) is 12.2. The molecule has 0 N–H and O–H groups in total. The van der Waals surface area contributed by atoms with Crippen molar-refractivity contribution in [3.63, 3.8) is 0 Å². The van der Waals surface area contributed by atoms with Crippen molar-refractivity contribution >= 4 is 17.7 Å². The number of ether oxygens (including phenoxy) is 1. The van der Waals surface area contributed by atoms with Crippen LogP contribution in [0.15, 0.2) is 72.1 Å². The van der Waals surface area contributed by atoms with Crippen LogP contribution in [0.5, 0.6) is 5.75 Å². The third-order valence-electron chi connectivity index (χ3n) is 2.46. The Labute approximate surface area is 117 Å². The minimum Gasteiger partial charge on any atom is -0.422 e. The van der Waals surface area contributed by atoms with Gasteiger partial charge in [0.25, 0.3) is 0 Å². The fourth-order valence-electron chi connectivity index (χ4n) is 1.54. The summed E-state index contributed by atoms with van der Waals surface area (Å²) < 4.78 is 5.21. The van der Waals surface area contributed by atoms with E-state index < -0.39 is 5.97 Å². The Kier molecular flexibility index (Phi) is 4.81. The van der Waals surface area contributed by atoms with Crippen LogP contribution < -0.4 is 4.74 Å². The van der Waals surface area contributed by atoms with Gasteiger partial charge in [-0.25, -0.2) is 4.79 Å². The average Bonchev–Trinajstić information content (AvgIpc) is 2.47. The maximum atomic E-state index is 11.3. The topological polar surface area (TPSA) is 26.3 Å². The van der Waals surface area contributed by atoms with Crippen LogP contribution in [0.1, 0.15) is 5.56 Å². The maximum absolute atomic E-state index is 11.3. The lowest BCUT2D eigenvalue weighted by Gasteiger charge is -2.08. The highest BCUT2D eigenvalue weighted by Crippen LogP contribution is 2.31. The molecule has 0 aliphatic carbocycles. The van der Waals surface area contributed by atoms with Crippen molar-refractivity contribution in [2.24, 2.45) is 0 Å². The molecular formula is C16H14O2S. The number of esters is 1. The van der Waals surface area contributed by atoms with Crippen molar-refractivity contribution < 1.29 is 9.53 Å². The number of carbonyl (C=O) groups is 1. The molecule has 0 radical (unpaired) electrons. The Hall–Kier alpha value is -2.00. The zero-order valence-electron chi connectivity index (χ0n) is 10.4. The lowest BCUT2D eigenvalue weighted by Crippen LogP contribution is -2.03. The summed E-state index contributed by atoms with van der Waals surface area (Å²) in [5.74, 6) is 0.977. The summed E-state index contributed by atoms with van der Waals surface area (Å²) in [6.45, 7) is 3.40. The smallest absolute Gasteiger partial charge is 0.335 e. The van der Waals surface area contributed by atoms with Crippen LogP contribution in [-0.2, 0) is 10.5 Å². The quantitative estimate of drug-likeness (QED) is 0.354. The molecule has 96 valence electrons. The molecule has 0 fully saturated rings. The maximum Gasteiger partial charge on any atom is 0.335 e. The van der Waals surface area contributed by atoms with Crippen LogP contribution in [0.2, 0.25) is 0 Å². The van der Waals surface area contributed by atoms with Gasteiger partial charge in [0, 0.05) is 11.8 Å². The van der Waals surface area contributed by atoms with Crippen molar-refractivity contribution in [2.75, 3.05) is 0 Å². The van der Waals surface area contributed by atoms with Gasteiger partial charge in [-0.15, -0.1) is 11.8 Å². The molecule has 2 aromatic rings. The number of hydrogen-bond donors (Lipinski definition) is 0. The van der Waals surface area contributed by atoms with E-state index in [2.05, 4.69) is 18.7 Å². The third kappa shape index (κ3) is 4.00. The highest BCUT2D eigenvalue weighted by Gasteiger charge is 2.06. The van der Waals surface area contributed by atoms with Gasteiger partial charge < -0.3 is 4.74 Å². The summed E-state index contributed by atoms with van der Waals surface area (Å²) in [7, 11) is 0. The van der Waals surface area contributed by atoms with E-state index in [0.717, 1.165) is 10.6 Å². The fourth-order valence-corrected chi connectivity index (χ4v) is 2.48. The van der Waals surface area contributed by atoms with Gasteiger partial charge in [-0.05, 0) is 17.7 Å². The fraction of sp³-hybridized carbons (Fsp3) is 0.0625. The number of thioether (sulfide) groups is 1. The van der Waals surface area contributed by atoms with Crippen molar-refractivity contribution in [1.82, 2.24) is 0 Å². The molecular weight excluding hydrogens is 256 g/mol. The first kappa shape index (κ1) is 13.4. The van der Waals surface area contributed by atoms with Crippen LogP contribution in [0.3, 0.4) is 0 Å². The van der Waals surface area contributed by atoms with Crippen LogP contribution in [0.4, 0.5) is 0 Å². The molecule has 0 aliphatic rings. The molecule has 19 heavy (non-hydrogen) atoms. The number of benzene rings is 2. The van der Waals surface area contributed by atoms with Gasteiger partial charge in [0.1, 0.15) is 5.75 Å². The van der Waals surface area contributed by atoms with E-state index in [1.165, 1.54) is 11.6 Å². The molecule has 0 saturated heterocycles. The second kappa shape index (κ2) is 6.81. The Morgan fingerprint density at radius 2 is 1.79 bits per heavy atom. The predicted molar refractivity (Wildman–Crippen MR) is 78.3 cm³/mol. The van der Waals surface area contributed by atoms with Gasteiger partial charge in [-0.2, -0.15) is 0 Å². The minimum atomic E-state index is -0.437. The predicted octanol–water partition coefficient (Wildman–Crippen LogP) is 4.07. The Morgan fingerprint density at radius 3 is 2.53 bits per heavy atom. The van der Waals surface area contributed by atoms with Gasteiger partial charge in [0.05, 0.1) is 4.90 Å². The van der Waals surface area contributed by atoms with Crippen LogP contribution in [0, 0.1) is 0 Å². The Bertz CT molecular complexity index is 564. The molecule has 2 rings (SSSR count). The summed E-state index contributed by atoms with van der Waals surface area (Å²) in [5, 5.41) is 0. The molecule has 0 unspecified atom stereocenters. The number of para-hydroxylation sites is 1. The summed E-state index contributed by atoms with van der Waals surface area (Å²) in [6, 6.07) is 17.7. The SMILES string of the molecule is C=CC(=O)Oc1ccccc1SCc1ccccc1. The van der Waals surface area contributed by atoms with Crippen molar-refractivity contribution in [2.45, 2.75) is 10.6 Å². The van der Waals surface area contributed by atoms with Crippen molar-refractivity contribution in [3.8, 4) is 5.75 Å². The van der Waals surface area contributed by atoms with Crippen LogP contribution in [0.25, 0.3) is 0 Å². The molecule has 0 saturated carbocycles. The van der Waals surface area contributed by atoms with Gasteiger partial charge in [0.2, 0.25) is 0 Å². The number of rotatable bonds is 5. The van der Waals surface area contributed by atoms with E-state index >= 15 is 0 Å². The van der Waals surface area contributed by atoms with Gasteiger partial charge in [-0.1, -0.05) is 49.0 Å². The monoisotopic (exact) mass is 270 g/mol. The van der Waals surface area contributed by atoms with Gasteiger partial charge in [-0.3, -0.25) is 0 Å². The molecule has 0 heterocycles. The molecule has 0 aromatic heterocycles.